The molecule has 0 saturated carbocycles. The molecule has 0 aromatic heterocycles. The third-order valence-electron chi connectivity index (χ3n) is 1.88. The lowest BCUT2D eigenvalue weighted by atomic mass is 10.1. The molecule has 0 amide bonds. The van der Waals surface area contributed by atoms with Gasteiger partial charge in [0.1, 0.15) is 0 Å². The van der Waals surface area contributed by atoms with Gasteiger partial charge >= 0.3 is 0 Å². The van der Waals surface area contributed by atoms with E-state index in [2.05, 4.69) is 48.2 Å². The molecule has 0 fully saturated rings. The fourth-order valence-electron chi connectivity index (χ4n) is 0.898. The quantitative estimate of drug-likeness (QED) is 0.522. The molecule has 62 valence electrons. The number of aryl methyl sites for hydroxylation is 2. The Bertz CT molecular complexity index is 196. The van der Waals surface area contributed by atoms with E-state index >= 15 is 0 Å². The van der Waals surface area contributed by atoms with Crippen LogP contribution in [0.15, 0.2) is 18.2 Å². The maximum atomic E-state index is 2.42. The van der Waals surface area contributed by atoms with Crippen molar-refractivity contribution >= 4 is 9.24 Å². The van der Waals surface area contributed by atoms with Crippen LogP contribution in [0, 0.1) is 20.8 Å². The maximum Gasteiger partial charge on any atom is -0.0392 e. The van der Waals surface area contributed by atoms with Gasteiger partial charge in [-0.3, -0.25) is 0 Å². The summed E-state index contributed by atoms with van der Waals surface area (Å²) in [6.45, 7) is 8.36. The molecule has 1 rings (SSSR count). The molecular weight excluding hydrogens is 151 g/mol. The van der Waals surface area contributed by atoms with Crippen molar-refractivity contribution in [3.05, 3.63) is 34.9 Å². The van der Waals surface area contributed by atoms with E-state index in [0.717, 1.165) is 0 Å². The standard InChI is InChI=1S/C9H12.CH5P/c1-7-5-4-6-8(2)9(7)3;1-2/h4-6H,1-3H3;2H2,1H3. The van der Waals surface area contributed by atoms with Crippen LogP contribution in [0.4, 0.5) is 0 Å². The van der Waals surface area contributed by atoms with E-state index in [0.29, 0.717) is 0 Å². The second-order valence-electron chi connectivity index (χ2n) is 2.52. The van der Waals surface area contributed by atoms with E-state index < -0.39 is 0 Å². The molecule has 0 N–H and O–H groups in total. The molecule has 1 atom stereocenters. The van der Waals surface area contributed by atoms with E-state index in [1.165, 1.54) is 16.7 Å². The van der Waals surface area contributed by atoms with Crippen LogP contribution in [-0.4, -0.2) is 6.66 Å². The van der Waals surface area contributed by atoms with Gasteiger partial charge in [0, 0.05) is 0 Å². The van der Waals surface area contributed by atoms with Crippen molar-refractivity contribution in [2.75, 3.05) is 6.66 Å². The van der Waals surface area contributed by atoms with Crippen LogP contribution in [0.1, 0.15) is 16.7 Å². The summed E-state index contributed by atoms with van der Waals surface area (Å²) in [7, 11) is 2.42. The Morgan fingerprint density at radius 2 is 1.27 bits per heavy atom. The van der Waals surface area contributed by atoms with Gasteiger partial charge in [-0.25, -0.2) is 0 Å². The molecule has 1 unspecified atom stereocenters. The first kappa shape index (κ1) is 10.7. The third kappa shape index (κ3) is 3.03. The first-order chi connectivity index (χ1) is 5.22. The largest absolute Gasteiger partial charge is 0.141 e. The lowest BCUT2D eigenvalue weighted by Gasteiger charge is -2.00. The van der Waals surface area contributed by atoms with Crippen molar-refractivity contribution < 1.29 is 0 Å². The predicted molar refractivity (Wildman–Crippen MR) is 56.3 cm³/mol. The monoisotopic (exact) mass is 168 g/mol. The summed E-state index contributed by atoms with van der Waals surface area (Å²) in [4.78, 5) is 0. The smallest absolute Gasteiger partial charge is 0.0392 e. The lowest BCUT2D eigenvalue weighted by molar-refractivity contribution is 1.27. The highest BCUT2D eigenvalue weighted by Gasteiger charge is 1.91. The second-order valence-corrected chi connectivity index (χ2v) is 2.52. The molecule has 1 aromatic carbocycles. The molecule has 0 radical (unpaired) electrons. The fourth-order valence-corrected chi connectivity index (χ4v) is 0.898. The van der Waals surface area contributed by atoms with Gasteiger partial charge in [-0.1, -0.05) is 24.9 Å². The molecule has 0 saturated heterocycles. The summed E-state index contributed by atoms with van der Waals surface area (Å²) >= 11 is 0. The SMILES string of the molecule is CP.Cc1cccc(C)c1C. The molecule has 0 aliphatic carbocycles. The molecule has 0 aliphatic rings. The Hall–Kier alpha value is -0.350. The van der Waals surface area contributed by atoms with Crippen molar-refractivity contribution in [3.63, 3.8) is 0 Å². The minimum atomic E-state index is 1.38. The topological polar surface area (TPSA) is 0 Å². The Balaban J connectivity index is 0.000000461. The minimum absolute atomic E-state index is 1.38. The first-order valence-electron chi connectivity index (χ1n) is 3.82. The summed E-state index contributed by atoms with van der Waals surface area (Å²) in [6, 6.07) is 6.38. The van der Waals surface area contributed by atoms with Gasteiger partial charge in [-0.05, 0) is 37.5 Å². The molecule has 0 heterocycles. The first-order valence-corrected chi connectivity index (χ1v) is 4.98. The van der Waals surface area contributed by atoms with Gasteiger partial charge in [0.25, 0.3) is 0 Å². The summed E-state index contributed by atoms with van der Waals surface area (Å²) < 4.78 is 0. The van der Waals surface area contributed by atoms with Crippen LogP contribution in [0.5, 0.6) is 0 Å². The average molecular weight is 168 g/mol. The normalized spacial score (nSPS) is 8.45. The Labute approximate surface area is 72.2 Å². The highest BCUT2D eigenvalue weighted by atomic mass is 31.0. The van der Waals surface area contributed by atoms with Gasteiger partial charge in [0.15, 0.2) is 0 Å². The molecular formula is C10H17P. The maximum absolute atomic E-state index is 2.42. The van der Waals surface area contributed by atoms with Gasteiger partial charge in [-0.2, -0.15) is 0 Å². The van der Waals surface area contributed by atoms with Crippen LogP contribution < -0.4 is 0 Å². The van der Waals surface area contributed by atoms with Gasteiger partial charge < -0.3 is 0 Å². The highest BCUT2D eigenvalue weighted by molar-refractivity contribution is 7.15. The van der Waals surface area contributed by atoms with Gasteiger partial charge in [-0.15, -0.1) is 9.24 Å². The van der Waals surface area contributed by atoms with Crippen LogP contribution in [0.25, 0.3) is 0 Å². The summed E-state index contributed by atoms with van der Waals surface area (Å²) in [5, 5.41) is 0. The van der Waals surface area contributed by atoms with Crippen molar-refractivity contribution in [1.82, 2.24) is 0 Å². The number of benzene rings is 1. The zero-order valence-electron chi connectivity index (χ0n) is 7.81. The summed E-state index contributed by atoms with van der Waals surface area (Å²) in [5.74, 6) is 0. The van der Waals surface area contributed by atoms with Crippen LogP contribution >= 0.6 is 9.24 Å². The molecule has 0 spiro atoms. The zero-order valence-corrected chi connectivity index (χ0v) is 8.96. The third-order valence-corrected chi connectivity index (χ3v) is 1.88. The molecule has 11 heavy (non-hydrogen) atoms. The van der Waals surface area contributed by atoms with Crippen molar-refractivity contribution in [1.29, 1.82) is 0 Å². The molecule has 1 aromatic rings. The minimum Gasteiger partial charge on any atom is -0.141 e. The van der Waals surface area contributed by atoms with Crippen molar-refractivity contribution in [2.45, 2.75) is 20.8 Å². The van der Waals surface area contributed by atoms with E-state index in [1.54, 1.807) is 0 Å². The molecule has 1 heteroatoms. The van der Waals surface area contributed by atoms with Crippen LogP contribution in [-0.2, 0) is 0 Å². The highest BCUT2D eigenvalue weighted by Crippen LogP contribution is 2.09. The lowest BCUT2D eigenvalue weighted by Crippen LogP contribution is -1.82. The van der Waals surface area contributed by atoms with E-state index in [9.17, 15) is 0 Å². The fraction of sp³-hybridized carbons (Fsp3) is 0.400. The predicted octanol–water partition coefficient (Wildman–Crippen LogP) is 3.10. The Kier molecular flexibility index (Phi) is 5.15. The van der Waals surface area contributed by atoms with Gasteiger partial charge in [0.2, 0.25) is 0 Å². The number of rotatable bonds is 0. The average Bonchev–Trinajstić information content (AvgIpc) is 2.04. The summed E-state index contributed by atoms with van der Waals surface area (Å²) in [6.07, 6.45) is 0. The molecule has 0 nitrogen and oxygen atoms in total. The number of hydrogen-bond acceptors (Lipinski definition) is 0. The van der Waals surface area contributed by atoms with Crippen LogP contribution in [0.3, 0.4) is 0 Å². The second kappa shape index (κ2) is 5.32. The van der Waals surface area contributed by atoms with E-state index in [1.807, 2.05) is 6.66 Å². The summed E-state index contributed by atoms with van der Waals surface area (Å²) in [5.41, 5.74) is 4.18. The van der Waals surface area contributed by atoms with Crippen molar-refractivity contribution in [2.24, 2.45) is 0 Å². The van der Waals surface area contributed by atoms with E-state index in [4.69, 9.17) is 0 Å². The Morgan fingerprint density at radius 1 is 0.909 bits per heavy atom. The van der Waals surface area contributed by atoms with E-state index in [-0.39, 0.29) is 0 Å². The molecule has 0 aliphatic heterocycles. The number of hydrogen-bond donors (Lipinski definition) is 0. The van der Waals surface area contributed by atoms with Crippen LogP contribution in [0.2, 0.25) is 0 Å². The zero-order chi connectivity index (χ0) is 8.85. The Morgan fingerprint density at radius 3 is 1.55 bits per heavy atom. The van der Waals surface area contributed by atoms with Gasteiger partial charge in [0.05, 0.1) is 0 Å². The molecule has 0 bridgehead atoms. The van der Waals surface area contributed by atoms with Crippen molar-refractivity contribution in [3.8, 4) is 0 Å².